The van der Waals surface area contributed by atoms with E-state index in [0.717, 1.165) is 42.2 Å². The Kier molecular flexibility index (Phi) is 4.76. The predicted molar refractivity (Wildman–Crippen MR) is 113 cm³/mol. The Balaban J connectivity index is 1.22. The van der Waals surface area contributed by atoms with Crippen molar-refractivity contribution >= 4 is 16.9 Å². The highest BCUT2D eigenvalue weighted by atomic mass is 16.2. The molecule has 5 rings (SSSR count). The molecule has 2 aromatic heterocycles. The monoisotopic (exact) mass is 401 g/mol. The van der Waals surface area contributed by atoms with Crippen LogP contribution in [-0.2, 0) is 13.6 Å². The van der Waals surface area contributed by atoms with Gasteiger partial charge in [-0.3, -0.25) is 9.69 Å². The average molecular weight is 401 g/mol. The van der Waals surface area contributed by atoms with Gasteiger partial charge < -0.3 is 9.47 Å². The van der Waals surface area contributed by atoms with E-state index in [4.69, 9.17) is 4.98 Å². The first-order valence-electron chi connectivity index (χ1n) is 10.1. The predicted octanol–water partition coefficient (Wildman–Crippen LogP) is 2.11. The molecule has 152 valence electrons. The zero-order valence-corrected chi connectivity index (χ0v) is 16.8. The van der Waals surface area contributed by atoms with Crippen LogP contribution in [0, 0.1) is 0 Å². The zero-order chi connectivity index (χ0) is 20.5. The maximum Gasteiger partial charge on any atom is 0.276 e. The Bertz CT molecular complexity index is 1170. The number of imidazole rings is 1. The minimum absolute atomic E-state index is 0.0699. The van der Waals surface area contributed by atoms with Gasteiger partial charge in [0.25, 0.3) is 5.91 Å². The summed E-state index contributed by atoms with van der Waals surface area (Å²) in [5.74, 6) is 0.973. The maximum atomic E-state index is 12.9. The molecular formula is C22H23N7O. The third-order valence-electron chi connectivity index (χ3n) is 5.60. The van der Waals surface area contributed by atoms with Crippen molar-refractivity contribution in [3.05, 3.63) is 72.3 Å². The van der Waals surface area contributed by atoms with Crippen LogP contribution in [-0.4, -0.2) is 66.4 Å². The van der Waals surface area contributed by atoms with Crippen LogP contribution in [0.3, 0.4) is 0 Å². The largest absolute Gasteiger partial charge is 0.335 e. The highest BCUT2D eigenvalue weighted by Gasteiger charge is 2.25. The molecule has 0 aliphatic carbocycles. The number of aromatic nitrogens is 5. The molecule has 3 heterocycles. The lowest BCUT2D eigenvalue weighted by molar-refractivity contribution is 0.0618. The van der Waals surface area contributed by atoms with Crippen LogP contribution < -0.4 is 0 Å². The number of fused-ring (bicyclic) bond motifs is 1. The van der Waals surface area contributed by atoms with E-state index in [-0.39, 0.29) is 5.91 Å². The van der Waals surface area contributed by atoms with E-state index in [1.54, 1.807) is 6.20 Å². The van der Waals surface area contributed by atoms with Gasteiger partial charge in [0.05, 0.1) is 29.5 Å². The SMILES string of the molecule is Cn1c(CN2CCN(C(=O)c3cnn(-c4ccccc4)n3)CC2)nc2ccccc21. The van der Waals surface area contributed by atoms with E-state index in [1.807, 2.05) is 53.4 Å². The van der Waals surface area contributed by atoms with Gasteiger partial charge in [-0.05, 0) is 24.3 Å². The van der Waals surface area contributed by atoms with Crippen LogP contribution in [0.25, 0.3) is 16.7 Å². The molecule has 0 N–H and O–H groups in total. The standard InChI is InChI=1S/C22H23N7O/c1-26-20-10-6-5-9-18(20)24-21(26)16-27-11-13-28(14-12-27)22(30)19-15-23-29(25-19)17-7-3-2-4-8-17/h2-10,15H,11-14,16H2,1H3. The summed E-state index contributed by atoms with van der Waals surface area (Å²) in [4.78, 5) is 23.3. The summed E-state index contributed by atoms with van der Waals surface area (Å²) < 4.78 is 2.15. The van der Waals surface area contributed by atoms with Gasteiger partial charge in [-0.1, -0.05) is 30.3 Å². The van der Waals surface area contributed by atoms with E-state index in [1.165, 1.54) is 4.80 Å². The average Bonchev–Trinajstić information content (AvgIpc) is 3.40. The Morgan fingerprint density at radius 3 is 2.47 bits per heavy atom. The molecule has 1 saturated heterocycles. The van der Waals surface area contributed by atoms with Crippen molar-refractivity contribution in [3.63, 3.8) is 0 Å². The summed E-state index contributed by atoms with van der Waals surface area (Å²) in [6.45, 7) is 3.73. The lowest BCUT2D eigenvalue weighted by Gasteiger charge is -2.34. The van der Waals surface area contributed by atoms with E-state index >= 15 is 0 Å². The van der Waals surface area contributed by atoms with E-state index in [0.29, 0.717) is 18.8 Å². The Morgan fingerprint density at radius 1 is 0.967 bits per heavy atom. The third kappa shape index (κ3) is 3.46. The molecule has 1 fully saturated rings. The molecule has 0 spiro atoms. The molecule has 0 unspecified atom stereocenters. The summed E-state index contributed by atoms with van der Waals surface area (Å²) in [5.41, 5.74) is 3.37. The number of carbonyl (C=O) groups excluding carboxylic acids is 1. The number of benzene rings is 2. The fourth-order valence-electron chi connectivity index (χ4n) is 3.85. The first-order valence-corrected chi connectivity index (χ1v) is 10.1. The quantitative estimate of drug-likeness (QED) is 0.524. The number of para-hydroxylation sites is 3. The van der Waals surface area contributed by atoms with Crippen molar-refractivity contribution < 1.29 is 4.79 Å². The lowest BCUT2D eigenvalue weighted by atomic mass is 10.3. The first kappa shape index (κ1) is 18.5. The van der Waals surface area contributed by atoms with Crippen molar-refractivity contribution in [2.24, 2.45) is 7.05 Å². The molecule has 8 heteroatoms. The van der Waals surface area contributed by atoms with Gasteiger partial charge in [0.1, 0.15) is 5.82 Å². The second-order valence-corrected chi connectivity index (χ2v) is 7.50. The number of aryl methyl sites for hydroxylation is 1. The normalized spacial score (nSPS) is 15.0. The third-order valence-corrected chi connectivity index (χ3v) is 5.60. The molecule has 1 aliphatic rings. The van der Waals surface area contributed by atoms with Gasteiger partial charge in [0.2, 0.25) is 0 Å². The van der Waals surface area contributed by atoms with Crippen molar-refractivity contribution in [3.8, 4) is 5.69 Å². The minimum Gasteiger partial charge on any atom is -0.335 e. The van der Waals surface area contributed by atoms with E-state index in [9.17, 15) is 4.79 Å². The highest BCUT2D eigenvalue weighted by molar-refractivity contribution is 5.92. The molecule has 1 aliphatic heterocycles. The number of hydrogen-bond donors (Lipinski definition) is 0. The molecule has 0 atom stereocenters. The highest BCUT2D eigenvalue weighted by Crippen LogP contribution is 2.17. The van der Waals surface area contributed by atoms with Crippen molar-refractivity contribution in [1.29, 1.82) is 0 Å². The molecular weight excluding hydrogens is 378 g/mol. The molecule has 4 aromatic rings. The zero-order valence-electron chi connectivity index (χ0n) is 16.8. The van der Waals surface area contributed by atoms with Crippen LogP contribution in [0.2, 0.25) is 0 Å². The number of piperazine rings is 1. The summed E-state index contributed by atoms with van der Waals surface area (Å²) in [6, 6.07) is 17.8. The second kappa shape index (κ2) is 7.72. The minimum atomic E-state index is -0.0699. The van der Waals surface area contributed by atoms with E-state index < -0.39 is 0 Å². The number of amides is 1. The molecule has 0 radical (unpaired) electrons. The van der Waals surface area contributed by atoms with Crippen LogP contribution in [0.15, 0.2) is 60.8 Å². The maximum absolute atomic E-state index is 12.9. The van der Waals surface area contributed by atoms with Crippen LogP contribution in [0.1, 0.15) is 16.3 Å². The summed E-state index contributed by atoms with van der Waals surface area (Å²) in [5, 5.41) is 8.61. The molecule has 30 heavy (non-hydrogen) atoms. The topological polar surface area (TPSA) is 72.1 Å². The van der Waals surface area contributed by atoms with Gasteiger partial charge in [-0.25, -0.2) is 4.98 Å². The Labute approximate surface area is 174 Å². The molecule has 1 amide bonds. The van der Waals surface area contributed by atoms with Gasteiger partial charge >= 0.3 is 0 Å². The second-order valence-electron chi connectivity index (χ2n) is 7.50. The molecule has 0 bridgehead atoms. The fourth-order valence-corrected chi connectivity index (χ4v) is 3.85. The fraction of sp³-hybridized carbons (Fsp3) is 0.273. The molecule has 0 saturated carbocycles. The van der Waals surface area contributed by atoms with Crippen molar-refractivity contribution in [2.75, 3.05) is 26.2 Å². The number of rotatable bonds is 4. The van der Waals surface area contributed by atoms with Gasteiger partial charge in [-0.15, -0.1) is 5.10 Å². The summed E-state index contributed by atoms with van der Waals surface area (Å²) in [6.07, 6.45) is 1.54. The van der Waals surface area contributed by atoms with Crippen molar-refractivity contribution in [2.45, 2.75) is 6.54 Å². The van der Waals surface area contributed by atoms with Crippen LogP contribution in [0.4, 0.5) is 0 Å². The number of carbonyl (C=O) groups is 1. The summed E-state index contributed by atoms with van der Waals surface area (Å²) >= 11 is 0. The Morgan fingerprint density at radius 2 is 1.70 bits per heavy atom. The number of nitrogens with zero attached hydrogens (tertiary/aromatic N) is 7. The first-order chi connectivity index (χ1) is 14.7. The van der Waals surface area contributed by atoms with Crippen molar-refractivity contribution in [1.82, 2.24) is 34.3 Å². The van der Waals surface area contributed by atoms with Gasteiger partial charge in [0, 0.05) is 33.2 Å². The van der Waals surface area contributed by atoms with E-state index in [2.05, 4.69) is 32.8 Å². The summed E-state index contributed by atoms with van der Waals surface area (Å²) in [7, 11) is 2.06. The Hall–Kier alpha value is -3.52. The lowest BCUT2D eigenvalue weighted by Crippen LogP contribution is -2.48. The molecule has 2 aromatic carbocycles. The smallest absolute Gasteiger partial charge is 0.276 e. The number of hydrogen-bond acceptors (Lipinski definition) is 5. The van der Waals surface area contributed by atoms with Crippen LogP contribution >= 0.6 is 0 Å². The molecule has 8 nitrogen and oxygen atoms in total. The van der Waals surface area contributed by atoms with Crippen LogP contribution in [0.5, 0.6) is 0 Å². The van der Waals surface area contributed by atoms with Gasteiger partial charge in [0.15, 0.2) is 5.69 Å². The van der Waals surface area contributed by atoms with Gasteiger partial charge in [-0.2, -0.15) is 9.90 Å².